The van der Waals surface area contributed by atoms with Crippen LogP contribution in [0.15, 0.2) is 24.5 Å². The molecular formula is C19H29N5O. The Morgan fingerprint density at radius 1 is 1.20 bits per heavy atom. The van der Waals surface area contributed by atoms with Crippen LogP contribution in [0.3, 0.4) is 0 Å². The van der Waals surface area contributed by atoms with Crippen molar-refractivity contribution >= 4 is 5.69 Å². The average Bonchev–Trinajstić information content (AvgIpc) is 2.91. The number of anilines is 1. The highest BCUT2D eigenvalue weighted by atomic mass is 16.3. The van der Waals surface area contributed by atoms with Gasteiger partial charge in [0.25, 0.3) is 0 Å². The van der Waals surface area contributed by atoms with E-state index in [1.54, 1.807) is 0 Å². The molecule has 1 saturated heterocycles. The third-order valence-electron chi connectivity index (χ3n) is 5.22. The van der Waals surface area contributed by atoms with Gasteiger partial charge < -0.3 is 15.3 Å². The maximum Gasteiger partial charge on any atom is 0.0644 e. The summed E-state index contributed by atoms with van der Waals surface area (Å²) in [5, 5.41) is 17.2. The summed E-state index contributed by atoms with van der Waals surface area (Å²) in [7, 11) is 0. The molecule has 0 aromatic carbocycles. The largest absolute Gasteiger partial charge is 0.394 e. The minimum atomic E-state index is 0.130. The summed E-state index contributed by atoms with van der Waals surface area (Å²) in [4.78, 5) is 6.54. The van der Waals surface area contributed by atoms with E-state index in [0.717, 1.165) is 43.5 Å². The number of aliphatic hydroxyl groups excluding tert-OH is 1. The molecule has 0 amide bonds. The van der Waals surface area contributed by atoms with Crippen LogP contribution < -0.4 is 10.2 Å². The van der Waals surface area contributed by atoms with E-state index in [-0.39, 0.29) is 6.61 Å². The number of nitrogens with one attached hydrogen (secondary N) is 1. The number of hydrogen-bond acceptors (Lipinski definition) is 5. The Labute approximate surface area is 149 Å². The summed E-state index contributed by atoms with van der Waals surface area (Å²) < 4.78 is 1.90. The van der Waals surface area contributed by atoms with Crippen molar-refractivity contribution in [3.8, 4) is 0 Å². The van der Waals surface area contributed by atoms with Crippen LogP contribution in [0.1, 0.15) is 29.8 Å². The highest BCUT2D eigenvalue weighted by molar-refractivity contribution is 5.44. The van der Waals surface area contributed by atoms with E-state index in [2.05, 4.69) is 39.4 Å². The maximum atomic E-state index is 9.11. The summed E-state index contributed by atoms with van der Waals surface area (Å²) in [6, 6.07) is 4.18. The summed E-state index contributed by atoms with van der Waals surface area (Å²) in [6.45, 7) is 8.96. The van der Waals surface area contributed by atoms with Gasteiger partial charge in [0.15, 0.2) is 0 Å². The highest BCUT2D eigenvalue weighted by Gasteiger charge is 2.19. The molecule has 0 saturated carbocycles. The fraction of sp³-hybridized carbons (Fsp3) is 0.579. The number of nitrogens with zero attached hydrogens (tertiary/aromatic N) is 4. The maximum absolute atomic E-state index is 9.11. The molecule has 0 unspecified atom stereocenters. The zero-order chi connectivity index (χ0) is 17.6. The molecule has 0 bridgehead atoms. The second-order valence-electron chi connectivity index (χ2n) is 6.86. The number of rotatable bonds is 7. The van der Waals surface area contributed by atoms with Crippen LogP contribution in [0.2, 0.25) is 0 Å². The Bertz CT molecular complexity index is 662. The lowest BCUT2D eigenvalue weighted by Gasteiger charge is -2.33. The molecule has 3 heterocycles. The first-order valence-electron chi connectivity index (χ1n) is 9.18. The fourth-order valence-corrected chi connectivity index (χ4v) is 3.65. The van der Waals surface area contributed by atoms with Gasteiger partial charge in [0.2, 0.25) is 0 Å². The van der Waals surface area contributed by atoms with E-state index in [0.29, 0.717) is 6.54 Å². The highest BCUT2D eigenvalue weighted by Crippen LogP contribution is 2.22. The second-order valence-corrected chi connectivity index (χ2v) is 6.86. The predicted octanol–water partition coefficient (Wildman–Crippen LogP) is 1.89. The minimum Gasteiger partial charge on any atom is -0.394 e. The van der Waals surface area contributed by atoms with Gasteiger partial charge in [0.1, 0.15) is 0 Å². The third kappa shape index (κ3) is 4.38. The first-order valence-corrected chi connectivity index (χ1v) is 9.18. The van der Waals surface area contributed by atoms with Crippen LogP contribution in [0.25, 0.3) is 0 Å². The van der Waals surface area contributed by atoms with Gasteiger partial charge in [-0.1, -0.05) is 0 Å². The molecule has 2 aromatic heterocycles. The number of aromatic nitrogens is 3. The van der Waals surface area contributed by atoms with Gasteiger partial charge in [-0.25, -0.2) is 0 Å². The molecule has 3 rings (SSSR count). The number of aliphatic hydroxyl groups is 1. The van der Waals surface area contributed by atoms with Crippen molar-refractivity contribution in [3.05, 3.63) is 41.5 Å². The van der Waals surface area contributed by atoms with Crippen molar-refractivity contribution in [2.24, 2.45) is 5.92 Å². The lowest BCUT2D eigenvalue weighted by atomic mass is 9.96. The monoisotopic (exact) mass is 343 g/mol. The quantitative estimate of drug-likeness (QED) is 0.804. The molecule has 2 aromatic rings. The first kappa shape index (κ1) is 17.9. The van der Waals surface area contributed by atoms with E-state index < -0.39 is 0 Å². The van der Waals surface area contributed by atoms with Gasteiger partial charge in [-0.05, 0) is 51.3 Å². The van der Waals surface area contributed by atoms with Gasteiger partial charge in [0, 0.05) is 49.0 Å². The summed E-state index contributed by atoms with van der Waals surface area (Å²) in [6.07, 6.45) is 6.17. The van der Waals surface area contributed by atoms with Crippen LogP contribution in [0.5, 0.6) is 0 Å². The molecule has 1 fully saturated rings. The molecular weight excluding hydrogens is 314 g/mol. The van der Waals surface area contributed by atoms with Gasteiger partial charge in [0.05, 0.1) is 18.8 Å². The van der Waals surface area contributed by atoms with Crippen molar-refractivity contribution in [2.75, 3.05) is 31.1 Å². The lowest BCUT2D eigenvalue weighted by molar-refractivity contribution is 0.267. The molecule has 2 N–H and O–H groups in total. The Morgan fingerprint density at radius 2 is 1.92 bits per heavy atom. The van der Waals surface area contributed by atoms with E-state index in [4.69, 9.17) is 5.11 Å². The van der Waals surface area contributed by atoms with Crippen molar-refractivity contribution in [1.82, 2.24) is 20.1 Å². The topological polar surface area (TPSA) is 66.2 Å². The van der Waals surface area contributed by atoms with Crippen molar-refractivity contribution in [2.45, 2.75) is 39.8 Å². The summed E-state index contributed by atoms with van der Waals surface area (Å²) in [5.74, 6) is 0.728. The standard InChI is InChI=1S/C19H29N5O/c1-15-19(16(2)24(22-15)11-12-25)14-21-13-17-5-9-23(10-6-17)18-3-7-20-8-4-18/h3-4,7-8,17,21,25H,5-6,9-14H2,1-2H3. The van der Waals surface area contributed by atoms with E-state index in [1.165, 1.54) is 24.1 Å². The van der Waals surface area contributed by atoms with Crippen LogP contribution in [0.4, 0.5) is 5.69 Å². The normalized spacial score (nSPS) is 15.7. The van der Waals surface area contributed by atoms with Crippen LogP contribution in [0, 0.1) is 19.8 Å². The Balaban J connectivity index is 1.45. The SMILES string of the molecule is Cc1nn(CCO)c(C)c1CNCC1CCN(c2ccncc2)CC1. The average molecular weight is 343 g/mol. The second kappa shape index (κ2) is 8.45. The molecule has 6 heteroatoms. The Morgan fingerprint density at radius 3 is 2.60 bits per heavy atom. The van der Waals surface area contributed by atoms with Crippen molar-refractivity contribution in [1.29, 1.82) is 0 Å². The van der Waals surface area contributed by atoms with E-state index >= 15 is 0 Å². The number of hydrogen-bond donors (Lipinski definition) is 2. The molecule has 1 aliphatic rings. The van der Waals surface area contributed by atoms with Crippen LogP contribution in [-0.2, 0) is 13.1 Å². The minimum absolute atomic E-state index is 0.130. The predicted molar refractivity (Wildman–Crippen MR) is 99.7 cm³/mol. The fourth-order valence-electron chi connectivity index (χ4n) is 3.65. The molecule has 0 radical (unpaired) electrons. The molecule has 0 atom stereocenters. The molecule has 1 aliphatic heterocycles. The summed E-state index contributed by atoms with van der Waals surface area (Å²) in [5.41, 5.74) is 4.77. The van der Waals surface area contributed by atoms with Crippen LogP contribution in [-0.4, -0.2) is 46.1 Å². The number of piperidine rings is 1. The van der Waals surface area contributed by atoms with Gasteiger partial charge in [-0.2, -0.15) is 5.10 Å². The smallest absolute Gasteiger partial charge is 0.0644 e. The van der Waals surface area contributed by atoms with E-state index in [1.807, 2.05) is 24.0 Å². The number of pyridine rings is 1. The van der Waals surface area contributed by atoms with E-state index in [9.17, 15) is 0 Å². The third-order valence-corrected chi connectivity index (χ3v) is 5.22. The Hall–Kier alpha value is -1.92. The molecule has 0 spiro atoms. The zero-order valence-electron chi connectivity index (χ0n) is 15.3. The zero-order valence-corrected chi connectivity index (χ0v) is 15.3. The molecule has 136 valence electrons. The van der Waals surface area contributed by atoms with Crippen LogP contribution >= 0.6 is 0 Å². The van der Waals surface area contributed by atoms with Gasteiger partial charge in [-0.15, -0.1) is 0 Å². The Kier molecular flexibility index (Phi) is 6.04. The number of aryl methyl sites for hydroxylation is 1. The first-order chi connectivity index (χ1) is 12.2. The van der Waals surface area contributed by atoms with Crippen molar-refractivity contribution in [3.63, 3.8) is 0 Å². The van der Waals surface area contributed by atoms with Gasteiger partial charge >= 0.3 is 0 Å². The van der Waals surface area contributed by atoms with Crippen molar-refractivity contribution < 1.29 is 5.11 Å². The summed E-state index contributed by atoms with van der Waals surface area (Å²) >= 11 is 0. The van der Waals surface area contributed by atoms with Gasteiger partial charge in [-0.3, -0.25) is 9.67 Å². The molecule has 0 aliphatic carbocycles. The molecule has 25 heavy (non-hydrogen) atoms. The molecule has 6 nitrogen and oxygen atoms in total. The lowest BCUT2D eigenvalue weighted by Crippen LogP contribution is -2.37.